The van der Waals surface area contributed by atoms with Crippen molar-refractivity contribution in [1.82, 2.24) is 5.32 Å². The van der Waals surface area contributed by atoms with Gasteiger partial charge in [0, 0.05) is 25.7 Å². The molecule has 1 N–H and O–H groups in total. The van der Waals surface area contributed by atoms with Gasteiger partial charge in [-0.15, -0.1) is 0 Å². The molecule has 1 aliphatic rings. The minimum absolute atomic E-state index is 0.0383. The number of anilines is 1. The zero-order valence-electron chi connectivity index (χ0n) is 11.9. The fraction of sp³-hybridized carbons (Fsp3) is 0.538. The molecule has 0 spiro atoms. The van der Waals surface area contributed by atoms with E-state index in [0.29, 0.717) is 23.7 Å². The van der Waals surface area contributed by atoms with Crippen molar-refractivity contribution in [3.63, 3.8) is 0 Å². The first-order valence-corrected chi connectivity index (χ1v) is 6.50. The Morgan fingerprint density at radius 1 is 1.35 bits per heavy atom. The topological polar surface area (TPSA) is 76.9 Å². The molecule has 1 aliphatic heterocycles. The van der Waals surface area contributed by atoms with Gasteiger partial charge in [-0.05, 0) is 6.92 Å². The second kappa shape index (κ2) is 5.96. The molecule has 0 unspecified atom stereocenters. The molecular formula is C13H19N3O4. The second-order valence-electron chi connectivity index (χ2n) is 4.55. The molecule has 0 bridgehead atoms. The monoisotopic (exact) mass is 281 g/mol. The van der Waals surface area contributed by atoms with Crippen LogP contribution >= 0.6 is 0 Å². The molecule has 20 heavy (non-hydrogen) atoms. The fourth-order valence-corrected chi connectivity index (χ4v) is 2.35. The number of nitrogens with zero attached hydrogens (tertiary/aromatic N) is 2. The Morgan fingerprint density at radius 3 is 2.35 bits per heavy atom. The minimum atomic E-state index is -0.383. The fourth-order valence-electron chi connectivity index (χ4n) is 2.35. The van der Waals surface area contributed by atoms with E-state index in [1.54, 1.807) is 6.07 Å². The molecule has 1 saturated heterocycles. The predicted octanol–water partition coefficient (Wildman–Crippen LogP) is 1.41. The van der Waals surface area contributed by atoms with Crippen molar-refractivity contribution in [2.75, 3.05) is 38.8 Å². The van der Waals surface area contributed by atoms with Gasteiger partial charge in [0.2, 0.25) is 0 Å². The van der Waals surface area contributed by atoms with Crippen molar-refractivity contribution in [2.45, 2.75) is 13.0 Å². The lowest BCUT2D eigenvalue weighted by Crippen LogP contribution is -2.57. The number of hydrogen-bond donors (Lipinski definition) is 1. The number of methoxy groups -OCH3 is 2. The Hall–Kier alpha value is -2.02. The molecule has 1 aromatic carbocycles. The molecule has 0 aromatic heterocycles. The van der Waals surface area contributed by atoms with Gasteiger partial charge in [0.1, 0.15) is 5.69 Å². The summed E-state index contributed by atoms with van der Waals surface area (Å²) in [6, 6.07) is 3.37. The third kappa shape index (κ3) is 2.49. The molecule has 2 rings (SSSR count). The van der Waals surface area contributed by atoms with Crippen molar-refractivity contribution in [3.8, 4) is 11.5 Å². The van der Waals surface area contributed by atoms with Gasteiger partial charge in [-0.2, -0.15) is 0 Å². The summed E-state index contributed by atoms with van der Waals surface area (Å²) in [6.07, 6.45) is 0. The Labute approximate surface area is 117 Å². The van der Waals surface area contributed by atoms with Crippen LogP contribution in [0.5, 0.6) is 11.5 Å². The zero-order valence-corrected chi connectivity index (χ0v) is 11.9. The van der Waals surface area contributed by atoms with Gasteiger partial charge in [-0.25, -0.2) is 0 Å². The van der Waals surface area contributed by atoms with E-state index in [1.807, 2.05) is 11.8 Å². The number of hydrogen-bond acceptors (Lipinski definition) is 6. The van der Waals surface area contributed by atoms with Gasteiger partial charge < -0.3 is 19.7 Å². The maximum Gasteiger partial charge on any atom is 0.296 e. The first-order chi connectivity index (χ1) is 9.62. The Kier molecular flexibility index (Phi) is 4.29. The van der Waals surface area contributed by atoms with E-state index in [9.17, 15) is 10.1 Å². The maximum absolute atomic E-state index is 11.3. The highest BCUT2D eigenvalue weighted by molar-refractivity contribution is 5.70. The second-order valence-corrected chi connectivity index (χ2v) is 4.55. The lowest BCUT2D eigenvalue weighted by Gasteiger charge is -2.39. The van der Waals surface area contributed by atoms with Crippen molar-refractivity contribution < 1.29 is 14.4 Å². The van der Waals surface area contributed by atoms with E-state index in [0.717, 1.165) is 13.1 Å². The molecule has 1 fully saturated rings. The van der Waals surface area contributed by atoms with Crippen LogP contribution in [0.2, 0.25) is 0 Å². The van der Waals surface area contributed by atoms with Crippen molar-refractivity contribution in [1.29, 1.82) is 0 Å². The van der Waals surface area contributed by atoms with E-state index in [4.69, 9.17) is 9.47 Å². The Morgan fingerprint density at radius 2 is 1.95 bits per heavy atom. The number of nitro groups is 1. The summed E-state index contributed by atoms with van der Waals surface area (Å²) in [6.45, 7) is 4.35. The molecule has 0 aliphatic carbocycles. The largest absolute Gasteiger partial charge is 0.493 e. The number of rotatable bonds is 6. The van der Waals surface area contributed by atoms with E-state index in [-0.39, 0.29) is 16.7 Å². The normalized spacial score (nSPS) is 14.6. The first kappa shape index (κ1) is 14.4. The van der Waals surface area contributed by atoms with Crippen LogP contribution in [0.4, 0.5) is 11.4 Å². The number of likely N-dealkylation sites (N-methyl/N-ethyl adjacent to an activating group) is 1. The van der Waals surface area contributed by atoms with Crippen LogP contribution in [0.25, 0.3) is 0 Å². The number of ether oxygens (including phenoxy) is 2. The van der Waals surface area contributed by atoms with Crippen LogP contribution in [-0.2, 0) is 0 Å². The quantitative estimate of drug-likeness (QED) is 0.627. The molecule has 110 valence electrons. The van der Waals surface area contributed by atoms with Crippen LogP contribution in [0.3, 0.4) is 0 Å². The highest BCUT2D eigenvalue weighted by Crippen LogP contribution is 2.40. The van der Waals surface area contributed by atoms with E-state index in [1.165, 1.54) is 20.3 Å². The summed E-state index contributed by atoms with van der Waals surface area (Å²) in [5.41, 5.74) is 0.609. The van der Waals surface area contributed by atoms with Crippen LogP contribution in [0.15, 0.2) is 12.1 Å². The van der Waals surface area contributed by atoms with Gasteiger partial charge in [-0.3, -0.25) is 10.1 Å². The van der Waals surface area contributed by atoms with Gasteiger partial charge in [0.05, 0.1) is 31.3 Å². The molecule has 7 heteroatoms. The van der Waals surface area contributed by atoms with Crippen molar-refractivity contribution in [2.24, 2.45) is 0 Å². The lowest BCUT2D eigenvalue weighted by atomic mass is 10.1. The summed E-state index contributed by atoms with van der Waals surface area (Å²) in [5.74, 6) is 0.865. The summed E-state index contributed by atoms with van der Waals surface area (Å²) in [7, 11) is 2.99. The first-order valence-electron chi connectivity index (χ1n) is 6.50. The molecule has 1 aromatic rings. The molecule has 0 atom stereocenters. The standard InChI is InChI=1S/C13H19N3O4/c1-4-15(9-7-14-8-9)10-5-12(19-2)13(20-3)6-11(10)16(17)18/h5-6,9,14H,4,7-8H2,1-3H3. The predicted molar refractivity (Wildman–Crippen MR) is 75.9 cm³/mol. The van der Waals surface area contributed by atoms with Crippen molar-refractivity contribution in [3.05, 3.63) is 22.2 Å². The zero-order chi connectivity index (χ0) is 14.7. The van der Waals surface area contributed by atoms with Crippen LogP contribution in [0.1, 0.15) is 6.92 Å². The third-order valence-corrected chi connectivity index (χ3v) is 3.53. The molecule has 0 saturated carbocycles. The van der Waals surface area contributed by atoms with Crippen LogP contribution in [-0.4, -0.2) is 44.8 Å². The van der Waals surface area contributed by atoms with E-state index >= 15 is 0 Å². The van der Waals surface area contributed by atoms with Gasteiger partial charge in [0.15, 0.2) is 11.5 Å². The average molecular weight is 281 g/mol. The Balaban J connectivity index is 2.50. The maximum atomic E-state index is 11.3. The van der Waals surface area contributed by atoms with Gasteiger partial charge >= 0.3 is 0 Å². The molecule has 0 radical (unpaired) electrons. The minimum Gasteiger partial charge on any atom is -0.493 e. The summed E-state index contributed by atoms with van der Waals surface area (Å²) in [5, 5.41) is 14.5. The Bertz CT molecular complexity index is 503. The van der Waals surface area contributed by atoms with E-state index in [2.05, 4.69) is 5.32 Å². The molecule has 7 nitrogen and oxygen atoms in total. The van der Waals surface area contributed by atoms with Crippen molar-refractivity contribution >= 4 is 11.4 Å². The number of nitro benzene ring substituents is 1. The lowest BCUT2D eigenvalue weighted by molar-refractivity contribution is -0.384. The molecular weight excluding hydrogens is 262 g/mol. The molecule has 1 heterocycles. The number of benzene rings is 1. The van der Waals surface area contributed by atoms with Gasteiger partial charge in [-0.1, -0.05) is 0 Å². The van der Waals surface area contributed by atoms with Crippen LogP contribution in [0, 0.1) is 10.1 Å². The SMILES string of the molecule is CCN(c1cc(OC)c(OC)cc1[N+](=O)[O-])C1CNC1. The van der Waals surface area contributed by atoms with E-state index < -0.39 is 0 Å². The summed E-state index contributed by atoms with van der Waals surface area (Å²) < 4.78 is 10.4. The average Bonchev–Trinajstić information content (AvgIpc) is 2.40. The highest BCUT2D eigenvalue weighted by atomic mass is 16.6. The summed E-state index contributed by atoms with van der Waals surface area (Å²) >= 11 is 0. The smallest absolute Gasteiger partial charge is 0.296 e. The number of nitrogens with one attached hydrogen (secondary N) is 1. The van der Waals surface area contributed by atoms with Crippen LogP contribution < -0.4 is 19.7 Å². The highest BCUT2D eigenvalue weighted by Gasteiger charge is 2.30. The third-order valence-electron chi connectivity index (χ3n) is 3.53. The van der Waals surface area contributed by atoms with Gasteiger partial charge in [0.25, 0.3) is 5.69 Å². The molecule has 0 amide bonds. The summed E-state index contributed by atoms with van der Waals surface area (Å²) in [4.78, 5) is 12.9.